The van der Waals surface area contributed by atoms with Crippen molar-refractivity contribution in [3.8, 4) is 0 Å². The van der Waals surface area contributed by atoms with Gasteiger partial charge in [0.05, 0.1) is 5.75 Å². The van der Waals surface area contributed by atoms with E-state index in [0.29, 0.717) is 18.2 Å². The molecule has 1 amide bonds. The van der Waals surface area contributed by atoms with Crippen LogP contribution in [0, 0.1) is 0 Å². The molecule has 9 heteroatoms. The minimum absolute atomic E-state index is 0.0386. The molecular formula is C14H12N6O2S. The van der Waals surface area contributed by atoms with Crippen LogP contribution in [0.5, 0.6) is 0 Å². The maximum atomic E-state index is 12.2. The van der Waals surface area contributed by atoms with Gasteiger partial charge in [-0.2, -0.15) is 0 Å². The third kappa shape index (κ3) is 2.70. The zero-order chi connectivity index (χ0) is 15.6. The van der Waals surface area contributed by atoms with Crippen molar-refractivity contribution in [3.05, 3.63) is 54.4 Å². The molecule has 3 heterocycles. The highest BCUT2D eigenvalue weighted by Crippen LogP contribution is 2.40. The van der Waals surface area contributed by atoms with Crippen LogP contribution in [0.4, 0.5) is 6.01 Å². The van der Waals surface area contributed by atoms with Crippen molar-refractivity contribution in [2.45, 2.75) is 11.9 Å². The molecule has 0 bridgehead atoms. The lowest BCUT2D eigenvalue weighted by Crippen LogP contribution is -2.28. The molecule has 0 saturated carbocycles. The van der Waals surface area contributed by atoms with Crippen molar-refractivity contribution < 1.29 is 9.21 Å². The van der Waals surface area contributed by atoms with Crippen LogP contribution in [0.1, 0.15) is 16.8 Å². The molecule has 116 valence electrons. The lowest BCUT2D eigenvalue weighted by atomic mass is 10.2. The van der Waals surface area contributed by atoms with Crippen LogP contribution in [0.15, 0.2) is 47.4 Å². The average Bonchev–Trinajstić information content (AvgIpc) is 3.30. The van der Waals surface area contributed by atoms with Gasteiger partial charge in [-0.1, -0.05) is 35.4 Å². The van der Waals surface area contributed by atoms with E-state index in [1.807, 2.05) is 30.3 Å². The Morgan fingerprint density at radius 1 is 1.17 bits per heavy atom. The Hall–Kier alpha value is -2.68. The third-order valence-electron chi connectivity index (χ3n) is 3.40. The number of carbonyl (C=O) groups is 1. The molecule has 1 atom stereocenters. The Balaban J connectivity index is 1.60. The maximum absolute atomic E-state index is 12.2. The highest BCUT2D eigenvalue weighted by molar-refractivity contribution is 8.00. The normalized spacial score (nSPS) is 17.8. The van der Waals surface area contributed by atoms with Crippen molar-refractivity contribution in [3.63, 3.8) is 0 Å². The van der Waals surface area contributed by atoms with Gasteiger partial charge >= 0.3 is 6.01 Å². The van der Waals surface area contributed by atoms with E-state index in [-0.39, 0.29) is 17.3 Å². The van der Waals surface area contributed by atoms with Gasteiger partial charge in [-0.05, 0) is 5.56 Å². The molecule has 1 aliphatic heterocycles. The number of hydrogen-bond acceptors (Lipinski definition) is 7. The third-order valence-corrected chi connectivity index (χ3v) is 4.61. The number of amides is 1. The fraction of sp³-hybridized carbons (Fsp3) is 0.214. The van der Waals surface area contributed by atoms with Crippen LogP contribution in [0.2, 0.25) is 0 Å². The second-order valence-electron chi connectivity index (χ2n) is 4.95. The highest BCUT2D eigenvalue weighted by atomic mass is 32.2. The van der Waals surface area contributed by atoms with Crippen LogP contribution in [0.3, 0.4) is 0 Å². The van der Waals surface area contributed by atoms with Crippen molar-refractivity contribution in [1.82, 2.24) is 25.0 Å². The SMILES string of the molecule is O=C1CSC(c2ccccc2)N1c1nnc(Cn2cnnc2)o1. The van der Waals surface area contributed by atoms with E-state index in [2.05, 4.69) is 20.4 Å². The predicted octanol–water partition coefficient (Wildman–Crippen LogP) is 1.49. The molecule has 3 aromatic rings. The van der Waals surface area contributed by atoms with E-state index < -0.39 is 0 Å². The molecule has 2 aromatic heterocycles. The van der Waals surface area contributed by atoms with Crippen molar-refractivity contribution >= 4 is 23.7 Å². The molecule has 4 rings (SSSR count). The Kier molecular flexibility index (Phi) is 3.54. The Labute approximate surface area is 135 Å². The van der Waals surface area contributed by atoms with Gasteiger partial charge in [0.25, 0.3) is 0 Å². The Bertz CT molecular complexity index is 804. The van der Waals surface area contributed by atoms with Crippen LogP contribution >= 0.6 is 11.8 Å². The fourth-order valence-corrected chi connectivity index (χ4v) is 3.51. The standard InChI is InChI=1S/C14H12N6O2S/c21-12-7-23-13(10-4-2-1-3-5-10)20(12)14-18-17-11(22-14)6-19-8-15-16-9-19/h1-5,8-9,13H,6-7H2. The lowest BCUT2D eigenvalue weighted by Gasteiger charge is -2.19. The summed E-state index contributed by atoms with van der Waals surface area (Å²) in [5.74, 6) is 0.752. The molecule has 0 radical (unpaired) electrons. The number of carbonyl (C=O) groups excluding carboxylic acids is 1. The number of benzene rings is 1. The molecule has 0 spiro atoms. The maximum Gasteiger partial charge on any atom is 0.326 e. The molecule has 8 nitrogen and oxygen atoms in total. The van der Waals surface area contributed by atoms with E-state index in [9.17, 15) is 4.79 Å². The monoisotopic (exact) mass is 328 g/mol. The number of anilines is 1. The summed E-state index contributed by atoms with van der Waals surface area (Å²) in [6, 6.07) is 10.0. The topological polar surface area (TPSA) is 89.9 Å². The molecule has 0 aliphatic carbocycles. The minimum atomic E-state index is -0.146. The zero-order valence-electron chi connectivity index (χ0n) is 11.9. The first-order chi connectivity index (χ1) is 11.3. The van der Waals surface area contributed by atoms with Gasteiger partial charge in [0, 0.05) is 0 Å². The van der Waals surface area contributed by atoms with Gasteiger partial charge in [-0.15, -0.1) is 27.1 Å². The molecule has 1 unspecified atom stereocenters. The quantitative estimate of drug-likeness (QED) is 0.716. The summed E-state index contributed by atoms with van der Waals surface area (Å²) in [5, 5.41) is 15.3. The number of thioether (sulfide) groups is 1. The fourth-order valence-electron chi connectivity index (χ4n) is 2.36. The van der Waals surface area contributed by atoms with Gasteiger partial charge in [0.15, 0.2) is 0 Å². The van der Waals surface area contributed by atoms with E-state index in [4.69, 9.17) is 4.42 Å². The smallest absolute Gasteiger partial charge is 0.326 e. The van der Waals surface area contributed by atoms with Crippen molar-refractivity contribution in [1.29, 1.82) is 0 Å². The zero-order valence-corrected chi connectivity index (χ0v) is 12.8. The molecule has 1 fully saturated rings. The molecule has 23 heavy (non-hydrogen) atoms. The Morgan fingerprint density at radius 2 is 1.96 bits per heavy atom. The van der Waals surface area contributed by atoms with Gasteiger partial charge < -0.3 is 8.98 Å². The van der Waals surface area contributed by atoms with Gasteiger partial charge in [0.1, 0.15) is 24.6 Å². The molecule has 1 aliphatic rings. The second kappa shape index (κ2) is 5.84. The molecular weight excluding hydrogens is 316 g/mol. The number of nitrogens with zero attached hydrogens (tertiary/aromatic N) is 6. The van der Waals surface area contributed by atoms with E-state index in [0.717, 1.165) is 5.56 Å². The van der Waals surface area contributed by atoms with Crippen LogP contribution < -0.4 is 4.90 Å². The Morgan fingerprint density at radius 3 is 2.74 bits per heavy atom. The minimum Gasteiger partial charge on any atom is -0.406 e. The first kappa shape index (κ1) is 13.9. The van der Waals surface area contributed by atoms with Gasteiger partial charge in [0.2, 0.25) is 11.8 Å². The molecule has 1 saturated heterocycles. The molecule has 0 N–H and O–H groups in total. The first-order valence-electron chi connectivity index (χ1n) is 6.94. The van der Waals surface area contributed by atoms with E-state index in [1.165, 1.54) is 0 Å². The second-order valence-corrected chi connectivity index (χ2v) is 6.02. The highest BCUT2D eigenvalue weighted by Gasteiger charge is 2.37. The van der Waals surface area contributed by atoms with E-state index >= 15 is 0 Å². The number of rotatable bonds is 4. The summed E-state index contributed by atoms with van der Waals surface area (Å²) in [4.78, 5) is 13.8. The summed E-state index contributed by atoms with van der Waals surface area (Å²) in [6.07, 6.45) is 3.13. The van der Waals surface area contributed by atoms with Crippen molar-refractivity contribution in [2.24, 2.45) is 0 Å². The number of hydrogen-bond donors (Lipinski definition) is 0. The number of aromatic nitrogens is 5. The summed E-state index contributed by atoms with van der Waals surface area (Å²) in [7, 11) is 0. The van der Waals surface area contributed by atoms with E-state index in [1.54, 1.807) is 33.9 Å². The molecule has 1 aromatic carbocycles. The summed E-state index contributed by atoms with van der Waals surface area (Å²) in [5.41, 5.74) is 1.03. The summed E-state index contributed by atoms with van der Waals surface area (Å²) in [6.45, 7) is 0.366. The van der Waals surface area contributed by atoms with Crippen molar-refractivity contribution in [2.75, 3.05) is 10.7 Å². The van der Waals surface area contributed by atoms with Gasteiger partial charge in [-0.3, -0.25) is 4.79 Å². The average molecular weight is 328 g/mol. The summed E-state index contributed by atoms with van der Waals surface area (Å²) < 4.78 is 7.37. The lowest BCUT2D eigenvalue weighted by molar-refractivity contribution is -0.116. The van der Waals surface area contributed by atoms with Crippen LogP contribution in [0.25, 0.3) is 0 Å². The van der Waals surface area contributed by atoms with Gasteiger partial charge in [-0.25, -0.2) is 4.90 Å². The summed E-state index contributed by atoms with van der Waals surface area (Å²) >= 11 is 1.54. The largest absolute Gasteiger partial charge is 0.406 e. The first-order valence-corrected chi connectivity index (χ1v) is 7.99. The van der Waals surface area contributed by atoms with Crippen LogP contribution in [-0.4, -0.2) is 36.6 Å². The predicted molar refractivity (Wildman–Crippen MR) is 82.5 cm³/mol. The van der Waals surface area contributed by atoms with Crippen LogP contribution in [-0.2, 0) is 11.3 Å².